The number of hydrogen-bond acceptors (Lipinski definition) is 4. The van der Waals surface area contributed by atoms with Crippen molar-refractivity contribution in [3.63, 3.8) is 0 Å². The van der Waals surface area contributed by atoms with E-state index < -0.39 is 0 Å². The predicted octanol–water partition coefficient (Wildman–Crippen LogP) is 6.73. The molecule has 1 amide bonds. The molecule has 5 nitrogen and oxygen atoms in total. The Kier molecular flexibility index (Phi) is 4.60. The van der Waals surface area contributed by atoms with Gasteiger partial charge in [-0.2, -0.15) is 0 Å². The second-order valence-corrected chi connectivity index (χ2v) is 14.0. The van der Waals surface area contributed by atoms with Gasteiger partial charge in [0, 0.05) is 16.6 Å². The smallest absolute Gasteiger partial charge is 0.276 e. The molecular weight excluding hydrogens is 446 g/mol. The normalized spacial score (nSPS) is 41.6. The first kappa shape index (κ1) is 21.8. The number of rotatable bonds is 5. The third-order valence-electron chi connectivity index (χ3n) is 11.0. The van der Waals surface area contributed by atoms with Crippen LogP contribution < -0.4 is 10.6 Å². The molecule has 1 heterocycles. The van der Waals surface area contributed by atoms with Gasteiger partial charge >= 0.3 is 0 Å². The highest BCUT2D eigenvalue weighted by Gasteiger charge is 2.53. The van der Waals surface area contributed by atoms with Gasteiger partial charge in [-0.1, -0.05) is 17.7 Å². The SMILES string of the molecule is Cc1ccc(-c2nc(C(=O)NC34CC5CC(CC(C5)C3)C4)c(NC34CC5CC(CC(C5)C3)C4)o2)cc1. The summed E-state index contributed by atoms with van der Waals surface area (Å²) in [4.78, 5) is 18.8. The van der Waals surface area contributed by atoms with E-state index >= 15 is 0 Å². The summed E-state index contributed by atoms with van der Waals surface area (Å²) in [7, 11) is 0. The fraction of sp³-hybridized carbons (Fsp3) is 0.677. The van der Waals surface area contributed by atoms with Crippen molar-refractivity contribution in [2.45, 2.75) is 95.1 Å². The Balaban J connectivity index is 1.13. The first-order valence-electron chi connectivity index (χ1n) is 14.6. The molecule has 8 saturated carbocycles. The maximum absolute atomic E-state index is 14.0. The second-order valence-electron chi connectivity index (χ2n) is 14.0. The van der Waals surface area contributed by atoms with E-state index in [1.165, 1.54) is 63.4 Å². The van der Waals surface area contributed by atoms with E-state index in [0.717, 1.165) is 60.3 Å². The van der Waals surface area contributed by atoms with Crippen molar-refractivity contribution >= 4 is 11.8 Å². The zero-order chi connectivity index (χ0) is 24.1. The average molecular weight is 486 g/mol. The van der Waals surface area contributed by atoms with Crippen LogP contribution in [-0.4, -0.2) is 22.0 Å². The van der Waals surface area contributed by atoms with Gasteiger partial charge in [0.2, 0.25) is 11.8 Å². The van der Waals surface area contributed by atoms with E-state index in [9.17, 15) is 4.79 Å². The summed E-state index contributed by atoms with van der Waals surface area (Å²) in [5.74, 6) is 5.98. The number of nitrogens with zero attached hydrogens (tertiary/aromatic N) is 1. The van der Waals surface area contributed by atoms with Gasteiger partial charge in [-0.15, -0.1) is 0 Å². The molecule has 1 aromatic carbocycles. The molecule has 36 heavy (non-hydrogen) atoms. The van der Waals surface area contributed by atoms with E-state index in [0.29, 0.717) is 17.5 Å². The minimum atomic E-state index is -0.0358. The van der Waals surface area contributed by atoms with Gasteiger partial charge in [0.1, 0.15) is 0 Å². The monoisotopic (exact) mass is 485 g/mol. The minimum Gasteiger partial charge on any atom is -0.420 e. The van der Waals surface area contributed by atoms with Crippen LogP contribution in [0.25, 0.3) is 11.5 Å². The summed E-state index contributed by atoms with van der Waals surface area (Å²) in [5, 5.41) is 7.42. The van der Waals surface area contributed by atoms with Crippen molar-refractivity contribution in [2.24, 2.45) is 35.5 Å². The maximum atomic E-state index is 14.0. The predicted molar refractivity (Wildman–Crippen MR) is 140 cm³/mol. The summed E-state index contributed by atoms with van der Waals surface area (Å²) < 4.78 is 6.44. The first-order valence-corrected chi connectivity index (χ1v) is 14.6. The Morgan fingerprint density at radius 1 is 0.778 bits per heavy atom. The second kappa shape index (κ2) is 7.61. The number of carbonyl (C=O) groups excluding carboxylic acids is 1. The van der Waals surface area contributed by atoms with Gasteiger partial charge in [-0.3, -0.25) is 4.79 Å². The molecule has 8 bridgehead atoms. The Morgan fingerprint density at radius 2 is 1.25 bits per heavy atom. The molecule has 0 radical (unpaired) electrons. The van der Waals surface area contributed by atoms with Gasteiger partial charge in [0.15, 0.2) is 5.69 Å². The lowest BCUT2D eigenvalue weighted by atomic mass is 9.53. The summed E-state index contributed by atoms with van der Waals surface area (Å²) in [6.45, 7) is 2.09. The quantitative estimate of drug-likeness (QED) is 0.493. The van der Waals surface area contributed by atoms with Gasteiger partial charge in [-0.05, 0) is 132 Å². The maximum Gasteiger partial charge on any atom is 0.276 e. The number of benzene rings is 1. The molecule has 2 N–H and O–H groups in total. The number of nitrogens with one attached hydrogen (secondary N) is 2. The summed E-state index contributed by atoms with van der Waals surface area (Å²) in [5.41, 5.74) is 2.64. The molecular formula is C31H39N3O2. The highest BCUT2D eigenvalue weighted by Crippen LogP contribution is 2.57. The van der Waals surface area contributed by atoms with Crippen molar-refractivity contribution in [2.75, 3.05) is 5.32 Å². The zero-order valence-electron chi connectivity index (χ0n) is 21.5. The average Bonchev–Trinajstić information content (AvgIpc) is 3.20. The van der Waals surface area contributed by atoms with Crippen LogP contribution >= 0.6 is 0 Å². The molecule has 190 valence electrons. The van der Waals surface area contributed by atoms with E-state index in [4.69, 9.17) is 9.40 Å². The largest absolute Gasteiger partial charge is 0.420 e. The van der Waals surface area contributed by atoms with Crippen LogP contribution in [0.3, 0.4) is 0 Å². The Morgan fingerprint density at radius 3 is 1.75 bits per heavy atom. The fourth-order valence-electron chi connectivity index (χ4n) is 10.4. The number of carbonyl (C=O) groups is 1. The van der Waals surface area contributed by atoms with E-state index in [-0.39, 0.29) is 17.0 Å². The van der Waals surface area contributed by atoms with Gasteiger partial charge in [0.25, 0.3) is 5.91 Å². The van der Waals surface area contributed by atoms with Crippen LogP contribution in [0.1, 0.15) is 93.1 Å². The molecule has 0 atom stereocenters. The van der Waals surface area contributed by atoms with Crippen LogP contribution in [0.5, 0.6) is 0 Å². The number of anilines is 1. The third-order valence-corrected chi connectivity index (χ3v) is 11.0. The lowest BCUT2D eigenvalue weighted by Crippen LogP contribution is -2.60. The molecule has 10 rings (SSSR count). The van der Waals surface area contributed by atoms with Crippen LogP contribution in [-0.2, 0) is 0 Å². The van der Waals surface area contributed by atoms with Gasteiger partial charge < -0.3 is 15.1 Å². The Labute approximate surface area is 214 Å². The molecule has 0 saturated heterocycles. The molecule has 2 aromatic rings. The van der Waals surface area contributed by atoms with Crippen molar-refractivity contribution in [1.82, 2.24) is 10.3 Å². The lowest BCUT2D eigenvalue weighted by molar-refractivity contribution is -0.0167. The van der Waals surface area contributed by atoms with Crippen LogP contribution in [0.4, 0.5) is 5.88 Å². The van der Waals surface area contributed by atoms with Crippen LogP contribution in [0, 0.1) is 42.4 Å². The standard InChI is InChI=1S/C31H39N3O2/c1-18-2-4-25(5-3-18)28-32-26(27(35)33-30-12-19-6-20(13-30)8-21(7-19)14-30)29(36-28)34-31-15-22-9-23(16-31)11-24(10-22)17-31/h2-5,19-24,34H,6-17H2,1H3,(H,33,35). The van der Waals surface area contributed by atoms with E-state index in [1.54, 1.807) is 0 Å². The lowest BCUT2D eigenvalue weighted by Gasteiger charge is -2.57. The summed E-state index contributed by atoms with van der Waals surface area (Å²) >= 11 is 0. The van der Waals surface area contributed by atoms with Gasteiger partial charge in [0.05, 0.1) is 0 Å². The Hall–Kier alpha value is -2.30. The molecule has 1 aromatic heterocycles. The third kappa shape index (κ3) is 3.55. The first-order chi connectivity index (χ1) is 17.4. The van der Waals surface area contributed by atoms with E-state index in [2.05, 4.69) is 41.8 Å². The number of oxazole rings is 1. The highest BCUT2D eigenvalue weighted by molar-refractivity contribution is 5.97. The number of hydrogen-bond donors (Lipinski definition) is 2. The van der Waals surface area contributed by atoms with Gasteiger partial charge in [-0.25, -0.2) is 4.98 Å². The molecule has 0 spiro atoms. The molecule has 8 aliphatic carbocycles. The summed E-state index contributed by atoms with van der Waals surface area (Å²) in [6, 6.07) is 8.27. The molecule has 8 aliphatic rings. The Bertz CT molecular complexity index is 1120. The van der Waals surface area contributed by atoms with Crippen LogP contribution in [0.2, 0.25) is 0 Å². The number of aryl methyl sites for hydroxylation is 1. The molecule has 0 unspecified atom stereocenters. The van der Waals surface area contributed by atoms with Crippen molar-refractivity contribution in [3.05, 3.63) is 35.5 Å². The number of amides is 1. The van der Waals surface area contributed by atoms with E-state index in [1.807, 2.05) is 0 Å². The molecule has 8 fully saturated rings. The van der Waals surface area contributed by atoms with Crippen molar-refractivity contribution < 1.29 is 9.21 Å². The van der Waals surface area contributed by atoms with Crippen LogP contribution in [0.15, 0.2) is 28.7 Å². The number of aromatic nitrogens is 1. The highest BCUT2D eigenvalue weighted by atomic mass is 16.4. The van der Waals surface area contributed by atoms with Crippen molar-refractivity contribution in [1.29, 1.82) is 0 Å². The van der Waals surface area contributed by atoms with Crippen molar-refractivity contribution in [3.8, 4) is 11.5 Å². The topological polar surface area (TPSA) is 67.2 Å². The summed E-state index contributed by atoms with van der Waals surface area (Å²) in [6.07, 6.45) is 15.3. The molecule has 0 aliphatic heterocycles. The molecule has 5 heteroatoms. The minimum absolute atomic E-state index is 0.0350. The zero-order valence-corrected chi connectivity index (χ0v) is 21.5. The fourth-order valence-corrected chi connectivity index (χ4v) is 10.4.